The number of sulfonamides is 1. The highest BCUT2D eigenvalue weighted by Gasteiger charge is 2.28. The van der Waals surface area contributed by atoms with Crippen LogP contribution in [-0.2, 0) is 32.5 Å². The molecule has 2 aromatic rings. The number of ether oxygens (including phenoxy) is 2. The van der Waals surface area contributed by atoms with Crippen molar-refractivity contribution in [3.8, 4) is 0 Å². The van der Waals surface area contributed by atoms with Gasteiger partial charge in [-0.2, -0.15) is 4.31 Å². The molecule has 0 bridgehead atoms. The lowest BCUT2D eigenvalue weighted by molar-refractivity contribution is 0.0730. The van der Waals surface area contributed by atoms with Gasteiger partial charge in [-0.3, -0.25) is 10.1 Å². The van der Waals surface area contributed by atoms with E-state index in [1.807, 2.05) is 0 Å². The SMILES string of the molecule is COC(=O)Nc1nc2c(s1)CN(C(=O)c1ccc(S(=O)(=O)N3CCOCC3)cc1)CC2. The van der Waals surface area contributed by atoms with Crippen LogP contribution in [0.3, 0.4) is 0 Å². The topological polar surface area (TPSA) is 118 Å². The average molecular weight is 467 g/mol. The summed E-state index contributed by atoms with van der Waals surface area (Å²) in [7, 11) is -2.32. The molecule has 2 aliphatic rings. The van der Waals surface area contributed by atoms with Crippen LogP contribution < -0.4 is 5.32 Å². The quantitative estimate of drug-likeness (QED) is 0.726. The third-order valence-corrected chi connectivity index (χ3v) is 8.03. The maximum Gasteiger partial charge on any atom is 0.413 e. The number of anilines is 1. The van der Waals surface area contributed by atoms with Gasteiger partial charge >= 0.3 is 6.09 Å². The summed E-state index contributed by atoms with van der Waals surface area (Å²) in [4.78, 5) is 31.4. The van der Waals surface area contributed by atoms with Gasteiger partial charge in [0, 0.05) is 36.5 Å². The Morgan fingerprint density at radius 3 is 2.55 bits per heavy atom. The number of benzene rings is 1. The molecule has 0 saturated carbocycles. The van der Waals surface area contributed by atoms with E-state index in [4.69, 9.17) is 4.74 Å². The van der Waals surface area contributed by atoms with E-state index in [-0.39, 0.29) is 10.8 Å². The van der Waals surface area contributed by atoms with Crippen LogP contribution in [0.4, 0.5) is 9.93 Å². The van der Waals surface area contributed by atoms with Gasteiger partial charge in [0.1, 0.15) is 0 Å². The standard InChI is InChI=1S/C19H22N4O6S2/c1-28-19(25)21-18-20-15-6-7-22(12-16(15)30-18)17(24)13-2-4-14(5-3-13)31(26,27)23-8-10-29-11-9-23/h2-5H,6-12H2,1H3,(H,20,21,25). The second kappa shape index (κ2) is 8.91. The molecule has 166 valence electrons. The zero-order valence-corrected chi connectivity index (χ0v) is 18.5. The molecule has 1 aromatic heterocycles. The largest absolute Gasteiger partial charge is 0.453 e. The zero-order chi connectivity index (χ0) is 22.0. The van der Waals surface area contributed by atoms with Gasteiger partial charge in [0.2, 0.25) is 10.0 Å². The molecular formula is C19H22N4O6S2. The summed E-state index contributed by atoms with van der Waals surface area (Å²) >= 11 is 1.31. The first-order chi connectivity index (χ1) is 14.9. The lowest BCUT2D eigenvalue weighted by Gasteiger charge is -2.27. The lowest BCUT2D eigenvalue weighted by Crippen LogP contribution is -2.40. The van der Waals surface area contributed by atoms with Crippen molar-refractivity contribution in [2.45, 2.75) is 17.9 Å². The van der Waals surface area contributed by atoms with Crippen molar-refractivity contribution in [3.63, 3.8) is 0 Å². The minimum Gasteiger partial charge on any atom is -0.453 e. The summed E-state index contributed by atoms with van der Waals surface area (Å²) in [5.41, 5.74) is 1.27. The highest BCUT2D eigenvalue weighted by Crippen LogP contribution is 2.29. The van der Waals surface area contributed by atoms with E-state index in [0.717, 1.165) is 10.6 Å². The van der Waals surface area contributed by atoms with Crippen molar-refractivity contribution in [1.82, 2.24) is 14.2 Å². The monoisotopic (exact) mass is 466 g/mol. The number of thiazole rings is 1. The minimum atomic E-state index is -3.60. The van der Waals surface area contributed by atoms with Gasteiger partial charge in [0.05, 0.1) is 37.5 Å². The number of carbonyl (C=O) groups is 2. The van der Waals surface area contributed by atoms with Crippen LogP contribution in [-0.4, -0.2) is 74.6 Å². The molecule has 0 spiro atoms. The Balaban J connectivity index is 1.45. The molecule has 0 atom stereocenters. The second-order valence-electron chi connectivity index (χ2n) is 7.02. The molecule has 2 aliphatic heterocycles. The van der Waals surface area contributed by atoms with Crippen molar-refractivity contribution < 1.29 is 27.5 Å². The Kier molecular flexibility index (Phi) is 6.23. The molecule has 1 aromatic carbocycles. The average Bonchev–Trinajstić information content (AvgIpc) is 3.20. The van der Waals surface area contributed by atoms with Gasteiger partial charge in [0.15, 0.2) is 5.13 Å². The van der Waals surface area contributed by atoms with Crippen molar-refractivity contribution in [1.29, 1.82) is 0 Å². The van der Waals surface area contributed by atoms with E-state index < -0.39 is 16.1 Å². The molecule has 1 fully saturated rings. The van der Waals surface area contributed by atoms with Crippen LogP contribution in [0.5, 0.6) is 0 Å². The lowest BCUT2D eigenvalue weighted by atomic mass is 10.1. The fourth-order valence-electron chi connectivity index (χ4n) is 3.45. The van der Waals surface area contributed by atoms with E-state index in [0.29, 0.717) is 56.5 Å². The number of aromatic nitrogens is 1. The number of hydrogen-bond donors (Lipinski definition) is 1. The summed E-state index contributed by atoms with van der Waals surface area (Å²) < 4.78 is 36.7. The van der Waals surface area contributed by atoms with Crippen molar-refractivity contribution in [2.24, 2.45) is 0 Å². The van der Waals surface area contributed by atoms with Crippen molar-refractivity contribution in [3.05, 3.63) is 40.4 Å². The minimum absolute atomic E-state index is 0.160. The Labute approximate surface area is 183 Å². The van der Waals surface area contributed by atoms with Crippen molar-refractivity contribution in [2.75, 3.05) is 45.3 Å². The number of morpholine rings is 1. The first kappa shape index (κ1) is 21.7. The third-order valence-electron chi connectivity index (χ3n) is 5.12. The van der Waals surface area contributed by atoms with E-state index in [9.17, 15) is 18.0 Å². The van der Waals surface area contributed by atoms with Crippen LogP contribution in [0.2, 0.25) is 0 Å². The molecule has 4 rings (SSSR count). The Morgan fingerprint density at radius 1 is 1.16 bits per heavy atom. The van der Waals surface area contributed by atoms with E-state index in [1.54, 1.807) is 17.0 Å². The highest BCUT2D eigenvalue weighted by atomic mass is 32.2. The maximum atomic E-state index is 12.9. The number of methoxy groups -OCH3 is 1. The number of nitrogens with one attached hydrogen (secondary N) is 1. The molecular weight excluding hydrogens is 444 g/mol. The van der Waals surface area contributed by atoms with Crippen LogP contribution in [0.15, 0.2) is 29.2 Å². The summed E-state index contributed by atoms with van der Waals surface area (Å²) in [6.07, 6.45) is -0.0182. The normalized spacial score (nSPS) is 17.1. The fraction of sp³-hybridized carbons (Fsp3) is 0.421. The first-order valence-electron chi connectivity index (χ1n) is 9.69. The maximum absolute atomic E-state index is 12.9. The molecule has 0 unspecified atom stereocenters. The van der Waals surface area contributed by atoms with E-state index in [1.165, 1.54) is 34.9 Å². The fourth-order valence-corrected chi connectivity index (χ4v) is 5.87. The van der Waals surface area contributed by atoms with Gasteiger partial charge in [-0.1, -0.05) is 11.3 Å². The Bertz CT molecular complexity index is 1080. The molecule has 10 nitrogen and oxygen atoms in total. The predicted molar refractivity (Wildman–Crippen MR) is 113 cm³/mol. The summed E-state index contributed by atoms with van der Waals surface area (Å²) in [5, 5.41) is 2.98. The van der Waals surface area contributed by atoms with Crippen LogP contribution >= 0.6 is 11.3 Å². The van der Waals surface area contributed by atoms with Crippen LogP contribution in [0.1, 0.15) is 20.9 Å². The molecule has 1 N–H and O–H groups in total. The van der Waals surface area contributed by atoms with Crippen LogP contribution in [0, 0.1) is 0 Å². The predicted octanol–water partition coefficient (Wildman–Crippen LogP) is 1.54. The smallest absolute Gasteiger partial charge is 0.413 e. The molecule has 12 heteroatoms. The molecule has 31 heavy (non-hydrogen) atoms. The van der Waals surface area contributed by atoms with Gasteiger partial charge in [-0.05, 0) is 24.3 Å². The zero-order valence-electron chi connectivity index (χ0n) is 16.9. The van der Waals surface area contributed by atoms with E-state index >= 15 is 0 Å². The number of amides is 2. The number of carbonyl (C=O) groups excluding carboxylic acids is 2. The van der Waals surface area contributed by atoms with Gasteiger partial charge in [-0.25, -0.2) is 18.2 Å². The second-order valence-corrected chi connectivity index (χ2v) is 10.0. The Hall–Kier alpha value is -2.54. The third kappa shape index (κ3) is 4.56. The summed E-state index contributed by atoms with van der Waals surface area (Å²) in [5.74, 6) is -0.183. The molecule has 0 radical (unpaired) electrons. The number of hydrogen-bond acceptors (Lipinski definition) is 8. The molecule has 2 amide bonds. The number of fused-ring (bicyclic) bond motifs is 1. The van der Waals surface area contributed by atoms with Crippen LogP contribution in [0.25, 0.3) is 0 Å². The highest BCUT2D eigenvalue weighted by molar-refractivity contribution is 7.89. The molecule has 1 saturated heterocycles. The number of nitrogens with zero attached hydrogens (tertiary/aromatic N) is 3. The first-order valence-corrected chi connectivity index (χ1v) is 11.9. The van der Waals surface area contributed by atoms with Crippen molar-refractivity contribution >= 4 is 38.5 Å². The number of rotatable bonds is 4. The van der Waals surface area contributed by atoms with E-state index in [2.05, 4.69) is 15.0 Å². The molecule has 3 heterocycles. The Morgan fingerprint density at radius 2 is 1.87 bits per heavy atom. The molecule has 0 aliphatic carbocycles. The van der Waals surface area contributed by atoms with Gasteiger partial charge in [-0.15, -0.1) is 0 Å². The summed E-state index contributed by atoms with van der Waals surface area (Å²) in [6.45, 7) is 2.26. The van der Waals surface area contributed by atoms with Gasteiger partial charge < -0.3 is 14.4 Å². The summed E-state index contributed by atoms with van der Waals surface area (Å²) in [6, 6.07) is 6.03. The van der Waals surface area contributed by atoms with Gasteiger partial charge in [0.25, 0.3) is 5.91 Å².